The molecule has 1 rings (SSSR count). The van der Waals surface area contributed by atoms with E-state index >= 15 is 0 Å². The molecule has 0 aromatic heterocycles. The molecule has 0 aliphatic heterocycles. The van der Waals surface area contributed by atoms with E-state index < -0.39 is 0 Å². The summed E-state index contributed by atoms with van der Waals surface area (Å²) in [6.45, 7) is 1.74. The topological polar surface area (TPSA) is 75.3 Å². The summed E-state index contributed by atoms with van der Waals surface area (Å²) in [4.78, 5) is 11.1. The van der Waals surface area contributed by atoms with Gasteiger partial charge in [-0.2, -0.15) is 0 Å². The molecule has 1 amide bonds. The van der Waals surface area contributed by atoms with Gasteiger partial charge in [0.2, 0.25) is 5.91 Å². The highest BCUT2D eigenvalue weighted by atomic mass is 16.3. The zero-order chi connectivity index (χ0) is 8.43. The van der Waals surface area contributed by atoms with E-state index in [0.29, 0.717) is 0 Å². The summed E-state index contributed by atoms with van der Waals surface area (Å²) >= 11 is 0. The van der Waals surface area contributed by atoms with Crippen molar-refractivity contribution in [3.63, 3.8) is 0 Å². The minimum Gasteiger partial charge on any atom is -0.394 e. The van der Waals surface area contributed by atoms with E-state index in [9.17, 15) is 4.79 Å². The van der Waals surface area contributed by atoms with Gasteiger partial charge in [0.15, 0.2) is 0 Å². The van der Waals surface area contributed by atoms with Crippen molar-refractivity contribution < 1.29 is 9.90 Å². The summed E-state index contributed by atoms with van der Waals surface area (Å²) in [6, 6.07) is -0.115. The van der Waals surface area contributed by atoms with Crippen LogP contribution in [0.25, 0.3) is 0 Å². The summed E-state index contributed by atoms with van der Waals surface area (Å²) in [5.74, 6) is -0.0388. The Morgan fingerprint density at radius 3 is 2.82 bits per heavy atom. The highest BCUT2D eigenvalue weighted by molar-refractivity contribution is 5.82. The quantitative estimate of drug-likeness (QED) is 0.484. The van der Waals surface area contributed by atoms with Crippen LogP contribution in [0.1, 0.15) is 13.3 Å². The van der Waals surface area contributed by atoms with Crippen molar-refractivity contribution in [2.75, 3.05) is 6.61 Å². The van der Waals surface area contributed by atoms with Crippen LogP contribution in [0, 0.1) is 5.92 Å². The molecule has 3 unspecified atom stereocenters. The van der Waals surface area contributed by atoms with Gasteiger partial charge in [-0.1, -0.05) is 0 Å². The van der Waals surface area contributed by atoms with E-state index in [-0.39, 0.29) is 30.5 Å². The number of carbonyl (C=O) groups excluding carboxylic acids is 1. The van der Waals surface area contributed by atoms with Crippen LogP contribution in [0.2, 0.25) is 0 Å². The van der Waals surface area contributed by atoms with E-state index in [2.05, 4.69) is 5.32 Å². The third-order valence-electron chi connectivity index (χ3n) is 1.84. The number of nitrogens with one attached hydrogen (secondary N) is 1. The molecule has 0 bridgehead atoms. The molecular weight excluding hydrogens is 144 g/mol. The van der Waals surface area contributed by atoms with Crippen molar-refractivity contribution in [3.05, 3.63) is 0 Å². The Hall–Kier alpha value is -0.610. The molecule has 4 nitrogen and oxygen atoms in total. The van der Waals surface area contributed by atoms with Crippen molar-refractivity contribution in [1.82, 2.24) is 5.32 Å². The summed E-state index contributed by atoms with van der Waals surface area (Å²) in [6.07, 6.45) is 0.782. The zero-order valence-electron chi connectivity index (χ0n) is 6.58. The van der Waals surface area contributed by atoms with Crippen LogP contribution in [0.5, 0.6) is 0 Å². The number of carbonyl (C=O) groups is 1. The van der Waals surface area contributed by atoms with Gasteiger partial charge in [0, 0.05) is 12.1 Å². The lowest BCUT2D eigenvalue weighted by Crippen LogP contribution is -2.37. The molecule has 0 radical (unpaired) electrons. The smallest absolute Gasteiger partial charge is 0.225 e. The second-order valence-corrected chi connectivity index (χ2v) is 3.10. The van der Waals surface area contributed by atoms with Gasteiger partial charge < -0.3 is 16.2 Å². The third kappa shape index (κ3) is 2.17. The molecule has 1 aliphatic carbocycles. The number of hydrogen-bond acceptors (Lipinski definition) is 3. The van der Waals surface area contributed by atoms with Crippen LogP contribution >= 0.6 is 0 Å². The first-order chi connectivity index (χ1) is 5.15. The molecule has 4 N–H and O–H groups in total. The highest BCUT2D eigenvalue weighted by Gasteiger charge is 2.40. The van der Waals surface area contributed by atoms with Crippen molar-refractivity contribution in [1.29, 1.82) is 0 Å². The number of nitrogens with two attached hydrogens (primary N) is 1. The molecule has 3 atom stereocenters. The molecule has 1 aliphatic rings. The summed E-state index contributed by atoms with van der Waals surface area (Å²) in [7, 11) is 0. The van der Waals surface area contributed by atoms with Gasteiger partial charge in [-0.15, -0.1) is 0 Å². The van der Waals surface area contributed by atoms with Crippen molar-refractivity contribution >= 4 is 5.91 Å². The molecule has 1 saturated carbocycles. The normalized spacial score (nSPS) is 31.2. The molecule has 0 spiro atoms. The van der Waals surface area contributed by atoms with E-state index in [1.165, 1.54) is 0 Å². The predicted molar refractivity (Wildman–Crippen MR) is 40.8 cm³/mol. The SMILES string of the molecule is CC(CO)NC(=O)C1CC1N. The fourth-order valence-electron chi connectivity index (χ4n) is 0.912. The van der Waals surface area contributed by atoms with Gasteiger partial charge in [0.05, 0.1) is 12.5 Å². The number of amides is 1. The van der Waals surface area contributed by atoms with E-state index in [0.717, 1.165) is 6.42 Å². The van der Waals surface area contributed by atoms with Gasteiger partial charge >= 0.3 is 0 Å². The number of hydrogen-bond donors (Lipinski definition) is 3. The second-order valence-electron chi connectivity index (χ2n) is 3.10. The Morgan fingerprint density at radius 1 is 1.91 bits per heavy atom. The second kappa shape index (κ2) is 3.19. The number of rotatable bonds is 3. The first kappa shape index (κ1) is 8.49. The number of aliphatic hydroxyl groups excluding tert-OH is 1. The van der Waals surface area contributed by atoms with Crippen LogP contribution in [0.3, 0.4) is 0 Å². The van der Waals surface area contributed by atoms with Crippen molar-refractivity contribution in [2.24, 2.45) is 11.7 Å². The minimum atomic E-state index is -0.157. The first-order valence-electron chi connectivity index (χ1n) is 3.82. The Balaban J connectivity index is 2.21. The third-order valence-corrected chi connectivity index (χ3v) is 1.84. The molecule has 1 fully saturated rings. The average molecular weight is 158 g/mol. The van der Waals surface area contributed by atoms with Crippen molar-refractivity contribution in [2.45, 2.75) is 25.4 Å². The maximum Gasteiger partial charge on any atom is 0.225 e. The van der Waals surface area contributed by atoms with Crippen LogP contribution in [0.15, 0.2) is 0 Å². The molecule has 0 aromatic rings. The Bertz CT molecular complexity index is 161. The highest BCUT2D eigenvalue weighted by Crippen LogP contribution is 2.27. The Kier molecular flexibility index (Phi) is 2.46. The average Bonchev–Trinajstić information content (AvgIpc) is 2.66. The van der Waals surface area contributed by atoms with Gasteiger partial charge in [-0.25, -0.2) is 0 Å². The molecule has 0 saturated heterocycles. The molecule has 0 aromatic carbocycles. The number of aliphatic hydroxyl groups is 1. The van der Waals surface area contributed by atoms with Crippen LogP contribution < -0.4 is 11.1 Å². The minimum absolute atomic E-state index is 0.0102. The lowest BCUT2D eigenvalue weighted by atomic mass is 10.3. The lowest BCUT2D eigenvalue weighted by molar-refractivity contribution is -0.123. The fourth-order valence-corrected chi connectivity index (χ4v) is 0.912. The van der Waals surface area contributed by atoms with E-state index in [4.69, 9.17) is 10.8 Å². The largest absolute Gasteiger partial charge is 0.394 e. The van der Waals surface area contributed by atoms with Crippen molar-refractivity contribution in [3.8, 4) is 0 Å². The van der Waals surface area contributed by atoms with Crippen LogP contribution in [-0.4, -0.2) is 29.7 Å². The molecule has 4 heteroatoms. The van der Waals surface area contributed by atoms with Gasteiger partial charge in [0.1, 0.15) is 0 Å². The summed E-state index contributed by atoms with van der Waals surface area (Å²) in [5.41, 5.74) is 5.46. The van der Waals surface area contributed by atoms with Crippen LogP contribution in [0.4, 0.5) is 0 Å². The maximum atomic E-state index is 11.1. The molecule has 64 valence electrons. The molecular formula is C7H14N2O2. The fraction of sp³-hybridized carbons (Fsp3) is 0.857. The standard InChI is InChI=1S/C7H14N2O2/c1-4(3-10)9-7(11)5-2-6(5)8/h4-6,10H,2-3,8H2,1H3,(H,9,11). The zero-order valence-corrected chi connectivity index (χ0v) is 6.58. The van der Waals surface area contributed by atoms with E-state index in [1.54, 1.807) is 6.92 Å². The van der Waals surface area contributed by atoms with E-state index in [1.807, 2.05) is 0 Å². The Morgan fingerprint density at radius 2 is 2.45 bits per heavy atom. The molecule has 11 heavy (non-hydrogen) atoms. The van der Waals surface area contributed by atoms with Gasteiger partial charge in [-0.3, -0.25) is 4.79 Å². The first-order valence-corrected chi connectivity index (χ1v) is 3.82. The lowest BCUT2D eigenvalue weighted by Gasteiger charge is -2.09. The maximum absolute atomic E-state index is 11.1. The van der Waals surface area contributed by atoms with Gasteiger partial charge in [-0.05, 0) is 13.3 Å². The summed E-state index contributed by atoms with van der Waals surface area (Å²) in [5, 5.41) is 11.3. The summed E-state index contributed by atoms with van der Waals surface area (Å²) < 4.78 is 0. The molecule has 0 heterocycles. The van der Waals surface area contributed by atoms with Crippen LogP contribution in [-0.2, 0) is 4.79 Å². The Labute approximate surface area is 65.8 Å². The predicted octanol–water partition coefficient (Wildman–Crippen LogP) is -1.17. The van der Waals surface area contributed by atoms with Gasteiger partial charge in [0.25, 0.3) is 0 Å². The monoisotopic (exact) mass is 158 g/mol.